The second-order valence-electron chi connectivity index (χ2n) is 11.5. The van der Waals surface area contributed by atoms with E-state index in [1.807, 2.05) is 6.07 Å². The average Bonchev–Trinajstić information content (AvgIpc) is 3.07. The maximum absolute atomic E-state index is 6.45. The first-order valence-corrected chi connectivity index (χ1v) is 12.6. The minimum Gasteiger partial charge on any atom is -0.488 e. The van der Waals surface area contributed by atoms with E-state index < -0.39 is 0 Å². The standard InChI is InChI=1S/C28H41NO/c1-5-19-8-10-23-22-9-7-20-17-21(30-26-16-18(2)6-11-25(26)29)12-14-28(20,4)24(22)13-15-27(19,23)3/h6-7,11,16,19,21-24H,5,8-10,12-15,17,29H2,1-4H3. The topological polar surface area (TPSA) is 35.2 Å². The summed E-state index contributed by atoms with van der Waals surface area (Å²) >= 11 is 0. The molecule has 7 unspecified atom stereocenters. The molecular weight excluding hydrogens is 366 g/mol. The van der Waals surface area contributed by atoms with Crippen molar-refractivity contribution in [2.45, 2.75) is 91.6 Å². The molecule has 2 heteroatoms. The van der Waals surface area contributed by atoms with Crippen LogP contribution in [-0.4, -0.2) is 6.10 Å². The van der Waals surface area contributed by atoms with E-state index in [0.717, 1.165) is 48.0 Å². The number of hydrogen-bond donors (Lipinski definition) is 1. The first-order chi connectivity index (χ1) is 14.3. The van der Waals surface area contributed by atoms with Gasteiger partial charge in [0.1, 0.15) is 11.9 Å². The van der Waals surface area contributed by atoms with E-state index in [1.165, 1.54) is 50.5 Å². The lowest BCUT2D eigenvalue weighted by atomic mass is 9.47. The van der Waals surface area contributed by atoms with Crippen LogP contribution in [0.5, 0.6) is 5.75 Å². The maximum Gasteiger partial charge on any atom is 0.142 e. The van der Waals surface area contributed by atoms with Crippen LogP contribution < -0.4 is 10.5 Å². The number of fused-ring (bicyclic) bond motifs is 5. The van der Waals surface area contributed by atoms with E-state index in [2.05, 4.69) is 45.9 Å². The predicted molar refractivity (Wildman–Crippen MR) is 125 cm³/mol. The van der Waals surface area contributed by atoms with Gasteiger partial charge in [-0.2, -0.15) is 0 Å². The Morgan fingerprint density at radius 3 is 2.70 bits per heavy atom. The highest BCUT2D eigenvalue weighted by Gasteiger charge is 2.58. The van der Waals surface area contributed by atoms with Gasteiger partial charge in [0.05, 0.1) is 5.69 Å². The molecule has 1 aromatic rings. The second-order valence-corrected chi connectivity index (χ2v) is 11.5. The van der Waals surface area contributed by atoms with Gasteiger partial charge in [-0.25, -0.2) is 0 Å². The van der Waals surface area contributed by atoms with Gasteiger partial charge in [0.15, 0.2) is 0 Å². The van der Waals surface area contributed by atoms with Gasteiger partial charge in [0.2, 0.25) is 0 Å². The van der Waals surface area contributed by atoms with Gasteiger partial charge >= 0.3 is 0 Å². The van der Waals surface area contributed by atoms with Crippen LogP contribution >= 0.6 is 0 Å². The number of hydrogen-bond acceptors (Lipinski definition) is 2. The molecule has 1 aromatic carbocycles. The van der Waals surface area contributed by atoms with E-state index in [-0.39, 0.29) is 6.10 Å². The van der Waals surface area contributed by atoms with E-state index in [1.54, 1.807) is 5.57 Å². The quantitative estimate of drug-likeness (QED) is 0.421. The highest BCUT2D eigenvalue weighted by Crippen LogP contribution is 2.66. The third-order valence-corrected chi connectivity index (χ3v) is 10.2. The Morgan fingerprint density at radius 2 is 1.90 bits per heavy atom. The number of anilines is 1. The molecule has 3 fully saturated rings. The molecule has 0 bridgehead atoms. The maximum atomic E-state index is 6.45. The third kappa shape index (κ3) is 3.04. The molecule has 0 aromatic heterocycles. The normalized spacial score (nSPS) is 42.7. The van der Waals surface area contributed by atoms with Crippen LogP contribution in [0.3, 0.4) is 0 Å². The lowest BCUT2D eigenvalue weighted by molar-refractivity contribution is -0.0483. The Hall–Kier alpha value is -1.44. The number of benzene rings is 1. The molecule has 2 N–H and O–H groups in total. The van der Waals surface area contributed by atoms with Crippen molar-refractivity contribution >= 4 is 5.69 Å². The zero-order valence-electron chi connectivity index (χ0n) is 19.5. The fourth-order valence-corrected chi connectivity index (χ4v) is 8.43. The zero-order chi connectivity index (χ0) is 21.1. The first kappa shape index (κ1) is 20.5. The van der Waals surface area contributed by atoms with E-state index in [4.69, 9.17) is 10.5 Å². The Labute approximate surface area is 183 Å². The van der Waals surface area contributed by atoms with Crippen LogP contribution in [0.1, 0.15) is 84.1 Å². The number of nitrogens with two attached hydrogens (primary N) is 1. The minimum absolute atomic E-state index is 0.273. The van der Waals surface area contributed by atoms with Crippen LogP contribution in [0.15, 0.2) is 29.8 Å². The molecule has 0 heterocycles. The van der Waals surface area contributed by atoms with Crippen molar-refractivity contribution in [3.05, 3.63) is 35.4 Å². The summed E-state index contributed by atoms with van der Waals surface area (Å²) in [6.07, 6.45) is 15.0. The SMILES string of the molecule is CCC1CCC2C3CC=C4CC(Oc5cc(C)ccc5N)CCC4(C)C3CCC12C. The van der Waals surface area contributed by atoms with Crippen LogP contribution in [0.2, 0.25) is 0 Å². The Bertz CT molecular complexity index is 843. The molecule has 0 amide bonds. The van der Waals surface area contributed by atoms with E-state index in [9.17, 15) is 0 Å². The molecule has 4 aliphatic rings. The first-order valence-electron chi connectivity index (χ1n) is 12.6. The van der Waals surface area contributed by atoms with Crippen molar-refractivity contribution in [1.29, 1.82) is 0 Å². The summed E-state index contributed by atoms with van der Waals surface area (Å²) < 4.78 is 6.45. The van der Waals surface area contributed by atoms with E-state index in [0.29, 0.717) is 10.8 Å². The summed E-state index contributed by atoms with van der Waals surface area (Å²) in [5.74, 6) is 4.60. The summed E-state index contributed by atoms with van der Waals surface area (Å²) in [5.41, 5.74) is 10.9. The van der Waals surface area contributed by atoms with Gasteiger partial charge in [-0.3, -0.25) is 0 Å². The Morgan fingerprint density at radius 1 is 1.07 bits per heavy atom. The lowest BCUT2D eigenvalue weighted by Gasteiger charge is -2.58. The Kier molecular flexibility index (Phi) is 4.99. The Balaban J connectivity index is 1.35. The lowest BCUT2D eigenvalue weighted by Crippen LogP contribution is -2.50. The fraction of sp³-hybridized carbons (Fsp3) is 0.714. The van der Waals surface area contributed by atoms with Crippen LogP contribution in [0.25, 0.3) is 0 Å². The summed E-state index contributed by atoms with van der Waals surface area (Å²) in [6, 6.07) is 6.14. The van der Waals surface area contributed by atoms with Crippen LogP contribution in [0.4, 0.5) is 5.69 Å². The van der Waals surface area contributed by atoms with Crippen LogP contribution in [0, 0.1) is 41.4 Å². The fourth-order valence-electron chi connectivity index (χ4n) is 8.43. The molecule has 0 aliphatic heterocycles. The van der Waals surface area contributed by atoms with Gasteiger partial charge in [-0.1, -0.05) is 44.9 Å². The van der Waals surface area contributed by atoms with Gasteiger partial charge in [0, 0.05) is 6.42 Å². The molecule has 3 saturated carbocycles. The highest BCUT2D eigenvalue weighted by molar-refractivity contribution is 5.54. The summed E-state index contributed by atoms with van der Waals surface area (Å²) in [6.45, 7) is 9.78. The second kappa shape index (κ2) is 7.31. The number of ether oxygens (including phenoxy) is 1. The number of aryl methyl sites for hydroxylation is 1. The predicted octanol–water partition coefficient (Wildman–Crippen LogP) is 7.31. The van der Waals surface area contributed by atoms with Gasteiger partial charge in [0.25, 0.3) is 0 Å². The minimum atomic E-state index is 0.273. The van der Waals surface area contributed by atoms with Gasteiger partial charge in [-0.05, 0) is 104 Å². The van der Waals surface area contributed by atoms with Crippen molar-refractivity contribution in [3.8, 4) is 5.75 Å². The van der Waals surface area contributed by atoms with Crippen molar-refractivity contribution in [2.24, 2.45) is 34.5 Å². The molecule has 2 nitrogen and oxygen atoms in total. The molecule has 0 spiro atoms. The molecule has 164 valence electrons. The van der Waals surface area contributed by atoms with Crippen molar-refractivity contribution in [1.82, 2.24) is 0 Å². The third-order valence-electron chi connectivity index (χ3n) is 10.2. The average molecular weight is 408 g/mol. The number of nitrogen functional groups attached to an aromatic ring is 1. The number of rotatable bonds is 3. The molecule has 30 heavy (non-hydrogen) atoms. The summed E-state index contributed by atoms with van der Waals surface area (Å²) in [4.78, 5) is 0. The smallest absolute Gasteiger partial charge is 0.142 e. The summed E-state index contributed by atoms with van der Waals surface area (Å²) in [5, 5.41) is 0. The molecule has 0 saturated heterocycles. The van der Waals surface area contributed by atoms with Gasteiger partial charge in [-0.15, -0.1) is 0 Å². The highest BCUT2D eigenvalue weighted by atomic mass is 16.5. The van der Waals surface area contributed by atoms with Crippen molar-refractivity contribution < 1.29 is 4.74 Å². The van der Waals surface area contributed by atoms with E-state index >= 15 is 0 Å². The van der Waals surface area contributed by atoms with Crippen molar-refractivity contribution in [2.75, 3.05) is 5.73 Å². The zero-order valence-corrected chi connectivity index (χ0v) is 19.5. The van der Waals surface area contributed by atoms with Crippen LogP contribution in [-0.2, 0) is 0 Å². The molecule has 5 rings (SSSR count). The monoisotopic (exact) mass is 407 g/mol. The number of allylic oxidation sites excluding steroid dienone is 1. The molecule has 4 aliphatic carbocycles. The molecular formula is C28H41NO. The van der Waals surface area contributed by atoms with Gasteiger partial charge < -0.3 is 10.5 Å². The van der Waals surface area contributed by atoms with Crippen molar-refractivity contribution in [3.63, 3.8) is 0 Å². The molecule has 7 atom stereocenters. The molecule has 0 radical (unpaired) electrons. The summed E-state index contributed by atoms with van der Waals surface area (Å²) in [7, 11) is 0. The largest absolute Gasteiger partial charge is 0.488 e.